The minimum Gasteiger partial charge on any atom is -0.486 e. The first kappa shape index (κ1) is 19.3. The number of carbonyl (C=O) groups excluding carboxylic acids is 1. The van der Waals surface area contributed by atoms with Crippen LogP contribution in [0.4, 0.5) is 0 Å². The van der Waals surface area contributed by atoms with Crippen LogP contribution in [0.2, 0.25) is 0 Å². The van der Waals surface area contributed by atoms with Crippen molar-refractivity contribution in [2.75, 3.05) is 26.3 Å². The maximum atomic E-state index is 13.0. The monoisotopic (exact) mass is 380 g/mol. The number of ether oxygens (including phenoxy) is 2. The lowest BCUT2D eigenvalue weighted by atomic mass is 9.71. The van der Waals surface area contributed by atoms with E-state index in [0.29, 0.717) is 19.8 Å². The third kappa shape index (κ3) is 2.95. The molecule has 1 aromatic rings. The summed E-state index contributed by atoms with van der Waals surface area (Å²) in [6.07, 6.45) is 4.70. The van der Waals surface area contributed by atoms with E-state index in [-0.39, 0.29) is 35.7 Å². The molecule has 0 radical (unpaired) electrons. The molecule has 144 valence electrons. The van der Waals surface area contributed by atoms with Crippen molar-refractivity contribution >= 4 is 18.3 Å². The maximum absolute atomic E-state index is 13.0. The van der Waals surface area contributed by atoms with Gasteiger partial charge in [-0.25, -0.2) is 0 Å². The van der Waals surface area contributed by atoms with Crippen molar-refractivity contribution in [1.82, 2.24) is 4.90 Å². The normalized spacial score (nSPS) is 24.0. The Morgan fingerprint density at radius 3 is 2.50 bits per heavy atom. The van der Waals surface area contributed by atoms with Gasteiger partial charge >= 0.3 is 0 Å². The topological polar surface area (TPSA) is 64.8 Å². The molecule has 2 aliphatic heterocycles. The lowest BCUT2D eigenvalue weighted by molar-refractivity contribution is -0.138. The molecular formula is C20H29ClN2O3. The van der Waals surface area contributed by atoms with Crippen molar-refractivity contribution in [1.29, 1.82) is 0 Å². The molecule has 6 heteroatoms. The van der Waals surface area contributed by atoms with E-state index in [4.69, 9.17) is 15.2 Å². The Balaban J connectivity index is 0.00000196. The van der Waals surface area contributed by atoms with Gasteiger partial charge in [0.05, 0.1) is 6.04 Å². The number of hydrogen-bond acceptors (Lipinski definition) is 4. The summed E-state index contributed by atoms with van der Waals surface area (Å²) in [5.41, 5.74) is 8.41. The Labute approximate surface area is 161 Å². The summed E-state index contributed by atoms with van der Waals surface area (Å²) in [6, 6.07) is 4.35. The van der Waals surface area contributed by atoms with Gasteiger partial charge in [0.15, 0.2) is 11.5 Å². The summed E-state index contributed by atoms with van der Waals surface area (Å²) in [5.74, 6) is 1.70. The van der Waals surface area contributed by atoms with Crippen molar-refractivity contribution in [3.05, 3.63) is 23.3 Å². The number of fused-ring (bicyclic) bond motifs is 3. The minimum atomic E-state index is -0.139. The van der Waals surface area contributed by atoms with E-state index >= 15 is 0 Å². The van der Waals surface area contributed by atoms with Gasteiger partial charge in [0.1, 0.15) is 13.2 Å². The number of halogens is 1. The summed E-state index contributed by atoms with van der Waals surface area (Å²) >= 11 is 0. The van der Waals surface area contributed by atoms with Gasteiger partial charge in [0, 0.05) is 24.4 Å². The van der Waals surface area contributed by atoms with E-state index < -0.39 is 0 Å². The molecule has 3 aliphatic rings. The highest BCUT2D eigenvalue weighted by molar-refractivity contribution is 5.85. The molecule has 0 saturated heterocycles. The predicted molar refractivity (Wildman–Crippen MR) is 103 cm³/mol. The Kier molecular flexibility index (Phi) is 5.40. The van der Waals surface area contributed by atoms with Gasteiger partial charge in [-0.2, -0.15) is 0 Å². The van der Waals surface area contributed by atoms with E-state index in [1.165, 1.54) is 24.0 Å². The molecule has 1 aliphatic carbocycles. The SMILES string of the molecule is CC(CN)C(=O)N1CC2(CCCC2)c2cc3c(cc2C1C)OCCO3.Cl. The van der Waals surface area contributed by atoms with Crippen molar-refractivity contribution in [3.63, 3.8) is 0 Å². The fourth-order valence-electron chi connectivity index (χ4n) is 4.76. The number of benzene rings is 1. The number of hydrogen-bond donors (Lipinski definition) is 1. The van der Waals surface area contributed by atoms with Crippen LogP contribution >= 0.6 is 12.4 Å². The Bertz CT molecular complexity index is 688. The van der Waals surface area contributed by atoms with Gasteiger partial charge in [0.25, 0.3) is 0 Å². The van der Waals surface area contributed by atoms with Crippen molar-refractivity contribution in [2.24, 2.45) is 11.7 Å². The standard InChI is InChI=1S/C20H28N2O3.ClH/c1-13(11-21)19(23)22-12-20(5-3-4-6-20)16-10-18-17(24-7-8-25-18)9-15(16)14(22)2;/h9-10,13-14H,3-8,11-12,21H2,1-2H3;1H. The van der Waals surface area contributed by atoms with Crippen LogP contribution in [0.15, 0.2) is 12.1 Å². The number of nitrogens with zero attached hydrogens (tertiary/aromatic N) is 1. The molecule has 1 aromatic carbocycles. The van der Waals surface area contributed by atoms with Gasteiger partial charge in [-0.15, -0.1) is 12.4 Å². The number of carbonyl (C=O) groups is 1. The van der Waals surface area contributed by atoms with E-state index in [0.717, 1.165) is 30.9 Å². The molecule has 2 heterocycles. The molecule has 1 fully saturated rings. The molecule has 5 nitrogen and oxygen atoms in total. The minimum absolute atomic E-state index is 0. The summed E-state index contributed by atoms with van der Waals surface area (Å²) < 4.78 is 11.6. The number of rotatable bonds is 2. The second-order valence-electron chi connectivity index (χ2n) is 7.85. The first-order valence-corrected chi connectivity index (χ1v) is 9.50. The molecule has 1 amide bonds. The molecule has 4 rings (SSSR count). The molecule has 2 atom stereocenters. The third-order valence-electron chi connectivity index (χ3n) is 6.30. The molecule has 0 aromatic heterocycles. The van der Waals surface area contributed by atoms with Crippen LogP contribution in [0, 0.1) is 5.92 Å². The zero-order valence-corrected chi connectivity index (χ0v) is 16.4. The van der Waals surface area contributed by atoms with Gasteiger partial charge < -0.3 is 20.1 Å². The highest BCUT2D eigenvalue weighted by atomic mass is 35.5. The van der Waals surface area contributed by atoms with Crippen LogP contribution in [0.5, 0.6) is 11.5 Å². The average molecular weight is 381 g/mol. The molecular weight excluding hydrogens is 352 g/mol. The van der Waals surface area contributed by atoms with Gasteiger partial charge in [-0.3, -0.25) is 4.79 Å². The zero-order valence-electron chi connectivity index (χ0n) is 15.6. The summed E-state index contributed by atoms with van der Waals surface area (Å²) in [5, 5.41) is 0. The predicted octanol–water partition coefficient (Wildman–Crippen LogP) is 3.19. The Morgan fingerprint density at radius 2 is 1.88 bits per heavy atom. The molecule has 2 N–H and O–H groups in total. The van der Waals surface area contributed by atoms with Crippen molar-refractivity contribution < 1.29 is 14.3 Å². The largest absolute Gasteiger partial charge is 0.486 e. The summed E-state index contributed by atoms with van der Waals surface area (Å²) in [7, 11) is 0. The van der Waals surface area contributed by atoms with Gasteiger partial charge in [-0.05, 0) is 43.0 Å². The van der Waals surface area contributed by atoms with Crippen molar-refractivity contribution in [3.8, 4) is 11.5 Å². The van der Waals surface area contributed by atoms with E-state index in [9.17, 15) is 4.79 Å². The number of nitrogens with two attached hydrogens (primary N) is 1. The quantitative estimate of drug-likeness (QED) is 0.855. The Morgan fingerprint density at radius 1 is 1.27 bits per heavy atom. The fraction of sp³-hybridized carbons (Fsp3) is 0.650. The summed E-state index contributed by atoms with van der Waals surface area (Å²) in [6.45, 7) is 6.42. The molecule has 1 saturated carbocycles. The molecule has 0 bridgehead atoms. The second-order valence-corrected chi connectivity index (χ2v) is 7.85. The zero-order chi connectivity index (χ0) is 17.6. The van der Waals surface area contributed by atoms with Crippen LogP contribution in [0.25, 0.3) is 0 Å². The Hall–Kier alpha value is -1.46. The highest BCUT2D eigenvalue weighted by Gasteiger charge is 2.46. The van der Waals surface area contributed by atoms with Crippen LogP contribution in [0.1, 0.15) is 56.7 Å². The van der Waals surface area contributed by atoms with E-state index in [1.807, 2.05) is 6.92 Å². The fourth-order valence-corrected chi connectivity index (χ4v) is 4.76. The number of amides is 1. The van der Waals surface area contributed by atoms with Crippen LogP contribution in [0.3, 0.4) is 0 Å². The third-order valence-corrected chi connectivity index (χ3v) is 6.30. The first-order valence-electron chi connectivity index (χ1n) is 9.50. The average Bonchev–Trinajstić information content (AvgIpc) is 3.12. The lowest BCUT2D eigenvalue weighted by Gasteiger charge is -2.47. The van der Waals surface area contributed by atoms with Crippen molar-refractivity contribution in [2.45, 2.75) is 51.0 Å². The first-order chi connectivity index (χ1) is 12.1. The van der Waals surface area contributed by atoms with E-state index in [2.05, 4.69) is 24.0 Å². The van der Waals surface area contributed by atoms with Crippen LogP contribution in [-0.4, -0.2) is 37.1 Å². The van der Waals surface area contributed by atoms with Gasteiger partial charge in [-0.1, -0.05) is 19.8 Å². The molecule has 1 spiro atoms. The second kappa shape index (κ2) is 7.28. The van der Waals surface area contributed by atoms with Crippen LogP contribution < -0.4 is 15.2 Å². The molecule has 26 heavy (non-hydrogen) atoms. The molecule has 2 unspecified atom stereocenters. The maximum Gasteiger partial charge on any atom is 0.227 e. The lowest BCUT2D eigenvalue weighted by Crippen LogP contribution is -2.50. The van der Waals surface area contributed by atoms with Crippen LogP contribution in [-0.2, 0) is 10.2 Å². The highest BCUT2D eigenvalue weighted by Crippen LogP contribution is 2.52. The van der Waals surface area contributed by atoms with Gasteiger partial charge in [0.2, 0.25) is 5.91 Å². The smallest absolute Gasteiger partial charge is 0.227 e. The van der Waals surface area contributed by atoms with E-state index in [1.54, 1.807) is 0 Å². The summed E-state index contributed by atoms with van der Waals surface area (Å²) in [4.78, 5) is 15.0.